The average Bonchev–Trinajstić information content (AvgIpc) is 2.56. The fraction of sp³-hybridized carbons (Fsp3) is 0.235. The number of benzene rings is 1. The molecule has 0 aliphatic carbocycles. The van der Waals surface area contributed by atoms with Gasteiger partial charge in [-0.05, 0) is 44.4 Å². The first-order valence-electron chi connectivity index (χ1n) is 7.08. The van der Waals surface area contributed by atoms with Crippen LogP contribution in [0.2, 0.25) is 0 Å². The van der Waals surface area contributed by atoms with Crippen molar-refractivity contribution in [3.63, 3.8) is 0 Å². The summed E-state index contributed by atoms with van der Waals surface area (Å²) in [6, 6.07) is 10.7. The highest BCUT2D eigenvalue weighted by Crippen LogP contribution is 2.18. The van der Waals surface area contributed by atoms with Crippen LogP contribution in [0, 0.1) is 6.92 Å². The number of carbonyl (C=O) groups is 2. The van der Waals surface area contributed by atoms with Crippen molar-refractivity contribution >= 4 is 29.3 Å². The first-order valence-corrected chi connectivity index (χ1v) is 8.31. The SMILES string of the molecule is CSc1ncccc1C(=O)OC(C)C(=O)Nc1ccc(C)cc1. The van der Waals surface area contributed by atoms with Gasteiger partial charge >= 0.3 is 5.97 Å². The normalized spacial score (nSPS) is 11.6. The van der Waals surface area contributed by atoms with Crippen LogP contribution < -0.4 is 5.32 Å². The van der Waals surface area contributed by atoms with Crippen molar-refractivity contribution in [1.82, 2.24) is 4.98 Å². The number of nitrogens with zero attached hydrogens (tertiary/aromatic N) is 1. The first kappa shape index (κ1) is 17.0. The molecule has 0 saturated carbocycles. The molecule has 6 heteroatoms. The highest BCUT2D eigenvalue weighted by molar-refractivity contribution is 7.98. The zero-order valence-electron chi connectivity index (χ0n) is 13.2. The molecular formula is C17H18N2O3S. The number of rotatable bonds is 5. The first-order chi connectivity index (χ1) is 11.0. The van der Waals surface area contributed by atoms with Gasteiger partial charge in [0.15, 0.2) is 6.10 Å². The van der Waals surface area contributed by atoms with Gasteiger partial charge in [0.2, 0.25) is 0 Å². The zero-order valence-corrected chi connectivity index (χ0v) is 14.0. The summed E-state index contributed by atoms with van der Waals surface area (Å²) in [6.45, 7) is 3.50. The smallest absolute Gasteiger partial charge is 0.341 e. The third kappa shape index (κ3) is 4.56. The van der Waals surface area contributed by atoms with Gasteiger partial charge in [0.05, 0.1) is 5.56 Å². The summed E-state index contributed by atoms with van der Waals surface area (Å²) in [6.07, 6.45) is 2.53. The molecule has 2 rings (SSSR count). The molecule has 1 atom stereocenters. The van der Waals surface area contributed by atoms with E-state index in [4.69, 9.17) is 4.74 Å². The minimum absolute atomic E-state index is 0.356. The number of ether oxygens (including phenoxy) is 1. The molecule has 5 nitrogen and oxygen atoms in total. The molecule has 0 radical (unpaired) electrons. The van der Waals surface area contributed by atoms with E-state index in [0.29, 0.717) is 16.3 Å². The lowest BCUT2D eigenvalue weighted by atomic mass is 10.2. The lowest BCUT2D eigenvalue weighted by molar-refractivity contribution is -0.123. The standard InChI is InChI=1S/C17H18N2O3S/c1-11-6-8-13(9-7-11)19-15(20)12(2)22-17(21)14-5-4-10-18-16(14)23-3/h4-10,12H,1-3H3,(H,19,20). The van der Waals surface area contributed by atoms with Crippen LogP contribution in [0.15, 0.2) is 47.6 Å². The van der Waals surface area contributed by atoms with Crippen LogP contribution in [0.25, 0.3) is 0 Å². The fourth-order valence-electron chi connectivity index (χ4n) is 1.87. The van der Waals surface area contributed by atoms with Crippen molar-refractivity contribution in [3.8, 4) is 0 Å². The molecule has 1 aromatic heterocycles. The summed E-state index contributed by atoms with van der Waals surface area (Å²) in [5.74, 6) is -0.939. The summed E-state index contributed by atoms with van der Waals surface area (Å²) >= 11 is 1.35. The summed E-state index contributed by atoms with van der Waals surface area (Å²) in [5.41, 5.74) is 2.12. The second kappa shape index (κ2) is 7.78. The molecule has 120 valence electrons. The van der Waals surface area contributed by atoms with Crippen molar-refractivity contribution in [2.45, 2.75) is 25.0 Å². The Morgan fingerprint density at radius 3 is 2.57 bits per heavy atom. The van der Waals surface area contributed by atoms with Gasteiger partial charge in [0, 0.05) is 11.9 Å². The highest BCUT2D eigenvalue weighted by Gasteiger charge is 2.21. The van der Waals surface area contributed by atoms with Gasteiger partial charge in [-0.1, -0.05) is 17.7 Å². The van der Waals surface area contributed by atoms with Gasteiger partial charge in [0.1, 0.15) is 5.03 Å². The summed E-state index contributed by atoms with van der Waals surface area (Å²) in [4.78, 5) is 28.4. The third-order valence-electron chi connectivity index (χ3n) is 3.16. The lowest BCUT2D eigenvalue weighted by Crippen LogP contribution is -2.30. The third-order valence-corrected chi connectivity index (χ3v) is 3.87. The van der Waals surface area contributed by atoms with Crippen LogP contribution in [0.1, 0.15) is 22.8 Å². The second-order valence-electron chi connectivity index (χ2n) is 4.96. The second-order valence-corrected chi connectivity index (χ2v) is 5.76. The maximum Gasteiger partial charge on any atom is 0.341 e. The molecule has 23 heavy (non-hydrogen) atoms. The Morgan fingerprint density at radius 1 is 1.22 bits per heavy atom. The lowest BCUT2D eigenvalue weighted by Gasteiger charge is -2.14. The molecule has 0 fully saturated rings. The molecule has 1 amide bonds. The van der Waals surface area contributed by atoms with E-state index < -0.39 is 12.1 Å². The Hall–Kier alpha value is -2.34. The van der Waals surface area contributed by atoms with Crippen LogP contribution in [-0.2, 0) is 9.53 Å². The predicted molar refractivity (Wildman–Crippen MR) is 90.7 cm³/mol. The van der Waals surface area contributed by atoms with Crippen LogP contribution in [0.4, 0.5) is 5.69 Å². The molecule has 0 aliphatic rings. The Bertz CT molecular complexity index is 701. The minimum atomic E-state index is -0.904. The van der Waals surface area contributed by atoms with Crippen LogP contribution >= 0.6 is 11.8 Å². The number of anilines is 1. The van der Waals surface area contributed by atoms with Crippen molar-refractivity contribution in [1.29, 1.82) is 0 Å². The van der Waals surface area contributed by atoms with Gasteiger partial charge in [-0.15, -0.1) is 11.8 Å². The van der Waals surface area contributed by atoms with E-state index in [9.17, 15) is 9.59 Å². The number of aromatic nitrogens is 1. The number of esters is 1. The highest BCUT2D eigenvalue weighted by atomic mass is 32.2. The quantitative estimate of drug-likeness (QED) is 0.673. The topological polar surface area (TPSA) is 68.3 Å². The van der Waals surface area contributed by atoms with Crippen molar-refractivity contribution in [2.75, 3.05) is 11.6 Å². The largest absolute Gasteiger partial charge is 0.449 e. The van der Waals surface area contributed by atoms with E-state index in [0.717, 1.165) is 5.56 Å². The van der Waals surface area contributed by atoms with Crippen molar-refractivity contribution in [3.05, 3.63) is 53.7 Å². The van der Waals surface area contributed by atoms with Gasteiger partial charge in [-0.25, -0.2) is 9.78 Å². The molecule has 0 bridgehead atoms. The van der Waals surface area contributed by atoms with Gasteiger partial charge < -0.3 is 10.1 Å². The molecule has 1 heterocycles. The number of nitrogens with one attached hydrogen (secondary N) is 1. The molecule has 1 unspecified atom stereocenters. The summed E-state index contributed by atoms with van der Waals surface area (Å²) in [5, 5.41) is 3.29. The van der Waals surface area contributed by atoms with Gasteiger partial charge in [-0.2, -0.15) is 0 Å². The average molecular weight is 330 g/mol. The maximum absolute atomic E-state index is 12.2. The minimum Gasteiger partial charge on any atom is -0.449 e. The molecule has 0 aliphatic heterocycles. The molecular weight excluding hydrogens is 312 g/mol. The maximum atomic E-state index is 12.2. The van der Waals surface area contributed by atoms with Crippen LogP contribution in [-0.4, -0.2) is 29.2 Å². The number of hydrogen-bond acceptors (Lipinski definition) is 5. The van der Waals surface area contributed by atoms with Gasteiger partial charge in [-0.3, -0.25) is 4.79 Å². The predicted octanol–water partition coefficient (Wildman–Crippen LogP) is 3.30. The van der Waals surface area contributed by atoms with E-state index in [2.05, 4.69) is 10.3 Å². The summed E-state index contributed by atoms with van der Waals surface area (Å²) in [7, 11) is 0. The number of amides is 1. The van der Waals surface area contributed by atoms with Crippen LogP contribution in [0.3, 0.4) is 0 Å². The molecule has 2 aromatic rings. The monoisotopic (exact) mass is 330 g/mol. The zero-order chi connectivity index (χ0) is 16.8. The number of carbonyl (C=O) groups excluding carboxylic acids is 2. The molecule has 0 saturated heterocycles. The molecule has 1 N–H and O–H groups in total. The van der Waals surface area contributed by atoms with Gasteiger partial charge in [0.25, 0.3) is 5.91 Å². The fourth-order valence-corrected chi connectivity index (χ4v) is 2.40. The Kier molecular flexibility index (Phi) is 5.76. The molecule has 0 spiro atoms. The van der Waals surface area contributed by atoms with E-state index in [1.165, 1.54) is 18.7 Å². The Morgan fingerprint density at radius 2 is 1.91 bits per heavy atom. The van der Waals surface area contributed by atoms with Crippen molar-refractivity contribution in [2.24, 2.45) is 0 Å². The van der Waals surface area contributed by atoms with E-state index in [1.54, 1.807) is 30.5 Å². The number of pyridine rings is 1. The summed E-state index contributed by atoms with van der Waals surface area (Å²) < 4.78 is 5.23. The number of thioether (sulfide) groups is 1. The Labute approximate surface area is 139 Å². The van der Waals surface area contributed by atoms with E-state index >= 15 is 0 Å². The van der Waals surface area contributed by atoms with E-state index in [1.807, 2.05) is 25.3 Å². The number of aryl methyl sites for hydroxylation is 1. The Balaban J connectivity index is 2.00. The molecule has 1 aromatic carbocycles. The number of hydrogen-bond donors (Lipinski definition) is 1. The van der Waals surface area contributed by atoms with E-state index in [-0.39, 0.29) is 5.91 Å². The van der Waals surface area contributed by atoms with Crippen molar-refractivity contribution < 1.29 is 14.3 Å². The van der Waals surface area contributed by atoms with Crippen LogP contribution in [0.5, 0.6) is 0 Å².